The third-order valence-corrected chi connectivity index (χ3v) is 6.64. The minimum atomic E-state index is -0.873. The Kier molecular flexibility index (Phi) is 5.42. The molecule has 2 unspecified atom stereocenters. The van der Waals surface area contributed by atoms with Gasteiger partial charge in [-0.3, -0.25) is 4.79 Å². The summed E-state index contributed by atoms with van der Waals surface area (Å²) in [5.74, 6) is 0.0175. The van der Waals surface area contributed by atoms with Crippen LogP contribution in [0.4, 0.5) is 0 Å². The Bertz CT molecular complexity index is 1030. The molecule has 1 fully saturated rings. The maximum absolute atomic E-state index is 13.1. The van der Waals surface area contributed by atoms with E-state index in [1.165, 1.54) is 17.3 Å². The topological polar surface area (TPSA) is 44.1 Å². The molecular weight excluding hydrogens is 376 g/mol. The highest BCUT2D eigenvalue weighted by Crippen LogP contribution is 2.52. The molecule has 4 rings (SSSR count). The van der Waals surface area contributed by atoms with Gasteiger partial charge in [-0.05, 0) is 30.2 Å². The number of nitriles is 1. The standard InChI is InChI=1S/C25H22N2OS/c1-19-12-14-22(15-13-19)29-25(18-26)16-23(28)27(17-20-8-4-2-5-9-20)24(25)21-10-6-3-7-11-21/h2-15,24H,16-17H2,1H3. The molecule has 0 spiro atoms. The average Bonchev–Trinajstić information content (AvgIpc) is 3.02. The molecule has 29 heavy (non-hydrogen) atoms. The van der Waals surface area contributed by atoms with Crippen molar-refractivity contribution in [2.75, 3.05) is 0 Å². The molecule has 0 radical (unpaired) electrons. The van der Waals surface area contributed by atoms with Crippen molar-refractivity contribution < 1.29 is 4.79 Å². The lowest BCUT2D eigenvalue weighted by molar-refractivity contribution is -0.129. The first kappa shape index (κ1) is 19.3. The zero-order valence-corrected chi connectivity index (χ0v) is 17.1. The number of likely N-dealkylation sites (tertiary alicyclic amines) is 1. The summed E-state index contributed by atoms with van der Waals surface area (Å²) in [4.78, 5) is 16.0. The van der Waals surface area contributed by atoms with Crippen LogP contribution in [-0.4, -0.2) is 15.6 Å². The Balaban J connectivity index is 1.76. The van der Waals surface area contributed by atoms with Gasteiger partial charge in [0.1, 0.15) is 4.75 Å². The Morgan fingerprint density at radius 2 is 1.62 bits per heavy atom. The fraction of sp³-hybridized carbons (Fsp3) is 0.200. The van der Waals surface area contributed by atoms with Gasteiger partial charge in [-0.15, -0.1) is 11.8 Å². The zero-order valence-electron chi connectivity index (χ0n) is 16.3. The number of rotatable bonds is 5. The summed E-state index contributed by atoms with van der Waals surface area (Å²) in [5, 5.41) is 10.3. The molecule has 4 heteroatoms. The van der Waals surface area contributed by atoms with E-state index in [0.29, 0.717) is 6.54 Å². The van der Waals surface area contributed by atoms with Gasteiger partial charge in [0.2, 0.25) is 5.91 Å². The van der Waals surface area contributed by atoms with Crippen molar-refractivity contribution >= 4 is 17.7 Å². The van der Waals surface area contributed by atoms with Crippen molar-refractivity contribution in [1.82, 2.24) is 4.90 Å². The van der Waals surface area contributed by atoms with Gasteiger partial charge in [0.05, 0.1) is 18.5 Å². The SMILES string of the molecule is Cc1ccc(SC2(C#N)CC(=O)N(Cc3ccccc3)C2c2ccccc2)cc1. The van der Waals surface area contributed by atoms with E-state index in [0.717, 1.165) is 16.0 Å². The third kappa shape index (κ3) is 3.92. The Morgan fingerprint density at radius 1 is 1.00 bits per heavy atom. The summed E-state index contributed by atoms with van der Waals surface area (Å²) >= 11 is 1.50. The van der Waals surface area contributed by atoms with Crippen molar-refractivity contribution in [2.24, 2.45) is 0 Å². The molecule has 1 amide bonds. The summed E-state index contributed by atoms with van der Waals surface area (Å²) in [6.07, 6.45) is 0.203. The molecule has 1 aliphatic rings. The quantitative estimate of drug-likeness (QED) is 0.568. The van der Waals surface area contributed by atoms with Gasteiger partial charge in [0, 0.05) is 11.4 Å². The first-order valence-electron chi connectivity index (χ1n) is 9.66. The fourth-order valence-electron chi connectivity index (χ4n) is 3.89. The number of aryl methyl sites for hydroxylation is 1. The Labute approximate surface area is 176 Å². The van der Waals surface area contributed by atoms with Crippen LogP contribution < -0.4 is 0 Å². The summed E-state index contributed by atoms with van der Waals surface area (Å²) in [7, 11) is 0. The molecule has 1 heterocycles. The number of nitrogens with zero attached hydrogens (tertiary/aromatic N) is 2. The van der Waals surface area contributed by atoms with Crippen LogP contribution in [0.1, 0.15) is 29.2 Å². The van der Waals surface area contributed by atoms with Crippen LogP contribution in [0, 0.1) is 18.3 Å². The fourth-order valence-corrected chi connectivity index (χ4v) is 5.20. The number of benzene rings is 3. The van der Waals surface area contributed by atoms with E-state index < -0.39 is 4.75 Å². The molecular formula is C25H22N2OS. The monoisotopic (exact) mass is 398 g/mol. The first-order chi connectivity index (χ1) is 14.1. The second-order valence-corrected chi connectivity index (χ2v) is 8.82. The van der Waals surface area contributed by atoms with Gasteiger partial charge in [-0.1, -0.05) is 78.4 Å². The summed E-state index contributed by atoms with van der Waals surface area (Å²) in [6.45, 7) is 2.54. The van der Waals surface area contributed by atoms with Crippen molar-refractivity contribution in [3.05, 3.63) is 102 Å². The Hall–Kier alpha value is -3.03. The molecule has 0 aliphatic carbocycles. The van der Waals surface area contributed by atoms with E-state index in [-0.39, 0.29) is 18.4 Å². The predicted octanol–water partition coefficient (Wildman–Crippen LogP) is 5.52. The van der Waals surface area contributed by atoms with Crippen LogP contribution in [-0.2, 0) is 11.3 Å². The van der Waals surface area contributed by atoms with Crippen LogP contribution in [0.15, 0.2) is 89.8 Å². The van der Waals surface area contributed by atoms with Gasteiger partial charge in [-0.2, -0.15) is 5.26 Å². The molecule has 1 saturated heterocycles. The molecule has 0 N–H and O–H groups in total. The minimum Gasteiger partial charge on any atom is -0.329 e. The molecule has 0 aromatic heterocycles. The molecule has 3 aromatic carbocycles. The van der Waals surface area contributed by atoms with E-state index in [2.05, 4.69) is 6.07 Å². The van der Waals surface area contributed by atoms with Crippen molar-refractivity contribution in [3.63, 3.8) is 0 Å². The predicted molar refractivity (Wildman–Crippen MR) is 116 cm³/mol. The molecule has 3 aromatic rings. The van der Waals surface area contributed by atoms with E-state index in [1.807, 2.05) is 96.8 Å². The number of hydrogen-bond acceptors (Lipinski definition) is 3. The summed E-state index contributed by atoms with van der Waals surface area (Å²) in [5.41, 5.74) is 3.24. The minimum absolute atomic E-state index is 0.0175. The van der Waals surface area contributed by atoms with Crippen LogP contribution in [0.25, 0.3) is 0 Å². The van der Waals surface area contributed by atoms with E-state index in [4.69, 9.17) is 0 Å². The number of thioether (sulfide) groups is 1. The van der Waals surface area contributed by atoms with Crippen molar-refractivity contribution in [1.29, 1.82) is 5.26 Å². The lowest BCUT2D eigenvalue weighted by Gasteiger charge is -2.33. The average molecular weight is 399 g/mol. The highest BCUT2D eigenvalue weighted by molar-refractivity contribution is 8.01. The van der Waals surface area contributed by atoms with Gasteiger partial charge in [0.25, 0.3) is 0 Å². The molecule has 3 nitrogen and oxygen atoms in total. The Morgan fingerprint density at radius 3 is 2.24 bits per heavy atom. The lowest BCUT2D eigenvalue weighted by atomic mass is 9.93. The van der Waals surface area contributed by atoms with Crippen molar-refractivity contribution in [2.45, 2.75) is 35.6 Å². The molecule has 0 bridgehead atoms. The maximum Gasteiger partial charge on any atom is 0.226 e. The second kappa shape index (κ2) is 8.14. The highest BCUT2D eigenvalue weighted by atomic mass is 32.2. The largest absolute Gasteiger partial charge is 0.329 e. The maximum atomic E-state index is 13.1. The van der Waals surface area contributed by atoms with E-state index in [9.17, 15) is 10.1 Å². The molecule has 0 saturated carbocycles. The van der Waals surface area contributed by atoms with E-state index >= 15 is 0 Å². The van der Waals surface area contributed by atoms with Gasteiger partial charge < -0.3 is 4.90 Å². The normalized spacial score (nSPS) is 21.2. The number of carbonyl (C=O) groups excluding carboxylic acids is 1. The lowest BCUT2D eigenvalue weighted by Crippen LogP contribution is -2.34. The van der Waals surface area contributed by atoms with Gasteiger partial charge in [0.15, 0.2) is 0 Å². The van der Waals surface area contributed by atoms with Crippen LogP contribution in [0.5, 0.6) is 0 Å². The molecule has 2 atom stereocenters. The molecule has 144 valence electrons. The van der Waals surface area contributed by atoms with Crippen molar-refractivity contribution in [3.8, 4) is 6.07 Å². The van der Waals surface area contributed by atoms with Crippen LogP contribution in [0.2, 0.25) is 0 Å². The van der Waals surface area contributed by atoms with Gasteiger partial charge in [-0.25, -0.2) is 0 Å². The summed E-state index contributed by atoms with van der Waals surface area (Å²) < 4.78 is -0.873. The summed E-state index contributed by atoms with van der Waals surface area (Å²) in [6, 6.07) is 30.3. The van der Waals surface area contributed by atoms with Gasteiger partial charge >= 0.3 is 0 Å². The van der Waals surface area contributed by atoms with E-state index in [1.54, 1.807) is 0 Å². The van der Waals surface area contributed by atoms with Crippen LogP contribution >= 0.6 is 11.8 Å². The second-order valence-electron chi connectivity index (χ2n) is 7.41. The highest BCUT2D eigenvalue weighted by Gasteiger charge is 2.53. The first-order valence-corrected chi connectivity index (χ1v) is 10.5. The molecule has 1 aliphatic heterocycles. The number of amides is 1. The number of carbonyl (C=O) groups is 1. The third-order valence-electron chi connectivity index (χ3n) is 5.31. The van der Waals surface area contributed by atoms with Crippen LogP contribution in [0.3, 0.4) is 0 Å². The zero-order chi connectivity index (χ0) is 20.3. The number of hydrogen-bond donors (Lipinski definition) is 0. The smallest absolute Gasteiger partial charge is 0.226 e.